The van der Waals surface area contributed by atoms with Gasteiger partial charge in [-0.2, -0.15) is 0 Å². The molecule has 2 nitrogen and oxygen atoms in total. The van der Waals surface area contributed by atoms with Gasteiger partial charge in [0.05, 0.1) is 0 Å². The smallest absolute Gasteiger partial charge is 0.128 e. The standard InChI is InChI=1S/C11H18N2.C2H6/c1-3-8-11(12-4-2)13-9-6-5-7-10-13;1-2/h3-4,8H,2,5-7,9-10H2,1H3;1-2H3/b8-3-,12-11?;. The molecule has 1 fully saturated rings. The van der Waals surface area contributed by atoms with Gasteiger partial charge >= 0.3 is 0 Å². The molecule has 0 radical (unpaired) electrons. The molecule has 0 amide bonds. The van der Waals surface area contributed by atoms with Crippen molar-refractivity contribution in [1.82, 2.24) is 4.90 Å². The van der Waals surface area contributed by atoms with Gasteiger partial charge in [-0.1, -0.05) is 26.5 Å². The maximum absolute atomic E-state index is 4.26. The summed E-state index contributed by atoms with van der Waals surface area (Å²) >= 11 is 0. The van der Waals surface area contributed by atoms with Gasteiger partial charge in [0.2, 0.25) is 0 Å². The van der Waals surface area contributed by atoms with Gasteiger partial charge < -0.3 is 4.90 Å². The first-order valence-electron chi connectivity index (χ1n) is 5.95. The number of piperidine rings is 1. The summed E-state index contributed by atoms with van der Waals surface area (Å²) in [6, 6.07) is 0. The Bertz CT molecular complexity index is 211. The molecule has 1 aliphatic rings. The van der Waals surface area contributed by atoms with Crippen LogP contribution in [-0.4, -0.2) is 23.8 Å². The molecule has 15 heavy (non-hydrogen) atoms. The maximum atomic E-state index is 4.26. The zero-order valence-electron chi connectivity index (χ0n) is 10.4. The monoisotopic (exact) mass is 208 g/mol. The van der Waals surface area contributed by atoms with E-state index in [1.807, 2.05) is 32.9 Å². The molecule has 0 unspecified atom stereocenters. The van der Waals surface area contributed by atoms with E-state index < -0.39 is 0 Å². The molecule has 86 valence electrons. The molecule has 0 N–H and O–H groups in total. The number of amidine groups is 1. The van der Waals surface area contributed by atoms with Crippen molar-refractivity contribution >= 4 is 5.84 Å². The van der Waals surface area contributed by atoms with Crippen LogP contribution in [0.15, 0.2) is 29.9 Å². The van der Waals surface area contributed by atoms with Crippen molar-refractivity contribution in [2.45, 2.75) is 40.0 Å². The highest BCUT2D eigenvalue weighted by Gasteiger charge is 2.11. The summed E-state index contributed by atoms with van der Waals surface area (Å²) in [7, 11) is 0. The number of likely N-dealkylation sites (tertiary alicyclic amines) is 1. The van der Waals surface area contributed by atoms with Crippen molar-refractivity contribution in [2.75, 3.05) is 13.1 Å². The van der Waals surface area contributed by atoms with Crippen molar-refractivity contribution < 1.29 is 0 Å². The Morgan fingerprint density at radius 3 is 2.27 bits per heavy atom. The van der Waals surface area contributed by atoms with E-state index in [-0.39, 0.29) is 0 Å². The van der Waals surface area contributed by atoms with Gasteiger partial charge in [0.15, 0.2) is 0 Å². The molecule has 0 aromatic heterocycles. The second-order valence-corrected chi connectivity index (χ2v) is 3.22. The molecule has 1 saturated heterocycles. The third-order valence-electron chi connectivity index (χ3n) is 2.22. The Morgan fingerprint density at radius 2 is 1.80 bits per heavy atom. The molecular formula is C13H24N2. The normalized spacial score (nSPS) is 17.3. The molecule has 0 saturated carbocycles. The van der Waals surface area contributed by atoms with Crippen LogP contribution in [0.1, 0.15) is 40.0 Å². The van der Waals surface area contributed by atoms with Gasteiger partial charge in [-0.25, -0.2) is 4.99 Å². The lowest BCUT2D eigenvalue weighted by atomic mass is 10.1. The number of rotatable bonds is 2. The molecular weight excluding hydrogens is 184 g/mol. The van der Waals surface area contributed by atoms with E-state index in [4.69, 9.17) is 0 Å². The van der Waals surface area contributed by atoms with E-state index >= 15 is 0 Å². The van der Waals surface area contributed by atoms with Crippen molar-refractivity contribution in [2.24, 2.45) is 4.99 Å². The molecule has 0 aromatic rings. The van der Waals surface area contributed by atoms with E-state index in [1.165, 1.54) is 19.3 Å². The minimum atomic E-state index is 1.05. The Labute approximate surface area is 94.4 Å². The highest BCUT2D eigenvalue weighted by atomic mass is 15.2. The molecule has 0 atom stereocenters. The first kappa shape index (κ1) is 13.9. The minimum Gasteiger partial charge on any atom is -0.357 e. The number of allylic oxidation sites excluding steroid dienone is 1. The lowest BCUT2D eigenvalue weighted by Crippen LogP contribution is -2.34. The topological polar surface area (TPSA) is 15.6 Å². The number of aliphatic imine (C=N–C) groups is 1. The van der Waals surface area contributed by atoms with E-state index in [0.29, 0.717) is 0 Å². The average Bonchev–Trinajstić information content (AvgIpc) is 2.33. The van der Waals surface area contributed by atoms with Crippen molar-refractivity contribution in [3.05, 3.63) is 24.9 Å². The van der Waals surface area contributed by atoms with Gasteiger partial charge in [0.25, 0.3) is 0 Å². The predicted octanol–water partition coefficient (Wildman–Crippen LogP) is 3.62. The SMILES string of the molecule is C=CN=C(/C=C\C)N1CCCCC1.CC. The van der Waals surface area contributed by atoms with Gasteiger partial charge in [0, 0.05) is 19.3 Å². The Balaban J connectivity index is 0.000000921. The zero-order valence-corrected chi connectivity index (χ0v) is 10.4. The van der Waals surface area contributed by atoms with Crippen LogP contribution in [-0.2, 0) is 0 Å². The van der Waals surface area contributed by atoms with E-state index in [9.17, 15) is 0 Å². The predicted molar refractivity (Wildman–Crippen MR) is 69.2 cm³/mol. The molecule has 1 aliphatic heterocycles. The van der Waals surface area contributed by atoms with Gasteiger partial charge in [0.1, 0.15) is 5.84 Å². The molecule has 1 heterocycles. The van der Waals surface area contributed by atoms with Crippen LogP contribution < -0.4 is 0 Å². The molecule has 0 spiro atoms. The Hall–Kier alpha value is -1.05. The van der Waals surface area contributed by atoms with Gasteiger partial charge in [-0.3, -0.25) is 0 Å². The van der Waals surface area contributed by atoms with Crippen LogP contribution >= 0.6 is 0 Å². The summed E-state index contributed by atoms with van der Waals surface area (Å²) in [6.07, 6.45) is 9.61. The average molecular weight is 208 g/mol. The van der Waals surface area contributed by atoms with E-state index in [1.54, 1.807) is 6.20 Å². The van der Waals surface area contributed by atoms with E-state index in [0.717, 1.165) is 18.9 Å². The van der Waals surface area contributed by atoms with Crippen LogP contribution in [0.25, 0.3) is 0 Å². The molecule has 0 aromatic carbocycles. The fourth-order valence-corrected chi connectivity index (χ4v) is 1.60. The van der Waals surface area contributed by atoms with Gasteiger partial charge in [-0.05, 0) is 32.3 Å². The van der Waals surface area contributed by atoms with Crippen LogP contribution in [0.4, 0.5) is 0 Å². The lowest BCUT2D eigenvalue weighted by Gasteiger charge is -2.28. The third kappa shape index (κ3) is 5.40. The van der Waals surface area contributed by atoms with Crippen molar-refractivity contribution in [3.63, 3.8) is 0 Å². The Kier molecular flexibility index (Phi) is 8.84. The van der Waals surface area contributed by atoms with Crippen LogP contribution in [0.5, 0.6) is 0 Å². The molecule has 1 rings (SSSR count). The number of hydrogen-bond donors (Lipinski definition) is 0. The second kappa shape index (κ2) is 9.50. The minimum absolute atomic E-state index is 1.05. The van der Waals surface area contributed by atoms with Crippen molar-refractivity contribution in [1.29, 1.82) is 0 Å². The second-order valence-electron chi connectivity index (χ2n) is 3.22. The van der Waals surface area contributed by atoms with Crippen LogP contribution in [0.3, 0.4) is 0 Å². The van der Waals surface area contributed by atoms with Gasteiger partial charge in [-0.15, -0.1) is 0 Å². The first-order chi connectivity index (χ1) is 7.38. The quantitative estimate of drug-likeness (QED) is 0.500. The Morgan fingerprint density at radius 1 is 1.20 bits per heavy atom. The van der Waals surface area contributed by atoms with E-state index in [2.05, 4.69) is 16.5 Å². The largest absolute Gasteiger partial charge is 0.357 e. The fourth-order valence-electron chi connectivity index (χ4n) is 1.60. The zero-order chi connectivity index (χ0) is 11.5. The maximum Gasteiger partial charge on any atom is 0.128 e. The lowest BCUT2D eigenvalue weighted by molar-refractivity contribution is 0.343. The summed E-state index contributed by atoms with van der Waals surface area (Å²) in [6.45, 7) is 11.9. The number of nitrogens with zero attached hydrogens (tertiary/aromatic N) is 2. The first-order valence-corrected chi connectivity index (χ1v) is 5.95. The highest BCUT2D eigenvalue weighted by Crippen LogP contribution is 2.10. The summed E-state index contributed by atoms with van der Waals surface area (Å²) in [4.78, 5) is 6.58. The summed E-state index contributed by atoms with van der Waals surface area (Å²) in [5.41, 5.74) is 0. The van der Waals surface area contributed by atoms with Crippen molar-refractivity contribution in [3.8, 4) is 0 Å². The van der Waals surface area contributed by atoms with Crippen LogP contribution in [0.2, 0.25) is 0 Å². The van der Waals surface area contributed by atoms with Crippen LogP contribution in [0, 0.1) is 0 Å². The fraction of sp³-hybridized carbons (Fsp3) is 0.615. The molecule has 0 bridgehead atoms. The summed E-state index contributed by atoms with van der Waals surface area (Å²) in [5.74, 6) is 1.05. The molecule has 0 aliphatic carbocycles. The molecule has 2 heteroatoms. The highest BCUT2D eigenvalue weighted by molar-refractivity contribution is 5.93. The summed E-state index contributed by atoms with van der Waals surface area (Å²) < 4.78 is 0. The third-order valence-corrected chi connectivity index (χ3v) is 2.22. The number of hydrogen-bond acceptors (Lipinski definition) is 1. The summed E-state index contributed by atoms with van der Waals surface area (Å²) in [5, 5.41) is 0.